The number of nitrogens with one attached hydrogen (secondary N) is 1. The molecule has 0 radical (unpaired) electrons. The number of carbonyl (C=O) groups excluding carboxylic acids is 1. The van der Waals surface area contributed by atoms with E-state index in [1.165, 1.54) is 11.0 Å². The second-order valence-electron chi connectivity index (χ2n) is 8.54. The average molecular weight is 454 g/mol. The molecular formula is C22H23N5O4S. The second-order valence-corrected chi connectivity index (χ2v) is 10.1. The first-order valence-corrected chi connectivity index (χ1v) is 11.4. The van der Waals surface area contributed by atoms with Crippen LogP contribution in [0, 0.1) is 0 Å². The van der Waals surface area contributed by atoms with Gasteiger partial charge in [0.15, 0.2) is 5.84 Å². The van der Waals surface area contributed by atoms with Crippen LogP contribution in [0.4, 0.5) is 5.69 Å². The summed E-state index contributed by atoms with van der Waals surface area (Å²) in [5, 5.41) is 6.81. The number of hydrogen-bond donors (Lipinski definition) is 1. The first kappa shape index (κ1) is 21.7. The number of nitrogens with zero attached hydrogens (tertiary/aromatic N) is 4. The predicted octanol–water partition coefficient (Wildman–Crippen LogP) is 3.05. The van der Waals surface area contributed by atoms with E-state index < -0.39 is 10.0 Å². The summed E-state index contributed by atoms with van der Waals surface area (Å²) in [6.07, 6.45) is 0. The molecule has 1 aliphatic heterocycles. The minimum Gasteiger partial charge on any atom is -0.349 e. The van der Waals surface area contributed by atoms with Crippen LogP contribution in [0.1, 0.15) is 32.2 Å². The monoisotopic (exact) mass is 453 g/mol. The van der Waals surface area contributed by atoms with Crippen LogP contribution >= 0.6 is 0 Å². The average Bonchev–Trinajstić information content (AvgIpc) is 3.32. The lowest BCUT2D eigenvalue weighted by Gasteiger charge is -2.18. The number of likely N-dealkylation sites (N-methyl/N-ethyl adjacent to an activating group) is 1. The number of amides is 1. The van der Waals surface area contributed by atoms with Crippen LogP contribution in [0.2, 0.25) is 0 Å². The van der Waals surface area contributed by atoms with Gasteiger partial charge in [-0.1, -0.05) is 38.1 Å². The molecule has 3 aromatic rings. The van der Waals surface area contributed by atoms with Gasteiger partial charge in [0.1, 0.15) is 4.90 Å². The Hall–Kier alpha value is -3.53. The van der Waals surface area contributed by atoms with Gasteiger partial charge >= 0.3 is 0 Å². The number of rotatable bonds is 4. The van der Waals surface area contributed by atoms with Crippen LogP contribution in [-0.4, -0.2) is 48.8 Å². The number of amidine groups is 1. The van der Waals surface area contributed by atoms with Crippen molar-refractivity contribution in [1.29, 1.82) is 0 Å². The molecule has 9 nitrogen and oxygen atoms in total. The zero-order valence-corrected chi connectivity index (χ0v) is 19.0. The summed E-state index contributed by atoms with van der Waals surface area (Å²) in [5.74, 6) is 0.968. The molecule has 0 bridgehead atoms. The molecule has 0 saturated carbocycles. The molecule has 1 aromatic heterocycles. The van der Waals surface area contributed by atoms with E-state index in [0.717, 1.165) is 5.56 Å². The van der Waals surface area contributed by atoms with E-state index in [9.17, 15) is 13.2 Å². The van der Waals surface area contributed by atoms with Crippen LogP contribution < -0.4 is 5.32 Å². The molecule has 0 unspecified atom stereocenters. The first-order chi connectivity index (χ1) is 15.0. The molecule has 2 heterocycles. The van der Waals surface area contributed by atoms with Gasteiger partial charge in [-0.2, -0.15) is 13.4 Å². The Balaban J connectivity index is 1.42. The smallest absolute Gasteiger partial charge is 0.285 e. The topological polar surface area (TPSA) is 118 Å². The van der Waals surface area contributed by atoms with Crippen LogP contribution in [0.3, 0.4) is 0 Å². The third kappa shape index (κ3) is 4.26. The lowest BCUT2D eigenvalue weighted by atomic mass is 9.97. The SMILES string of the molecule is CN(CC(=O)Nc1ccc(-c2noc(C(C)(C)C)n2)cc1)C1=NS(=O)(=O)c2ccccc21. The van der Waals surface area contributed by atoms with E-state index in [1.54, 1.807) is 49.5 Å². The summed E-state index contributed by atoms with van der Waals surface area (Å²) in [6.45, 7) is 5.91. The van der Waals surface area contributed by atoms with E-state index >= 15 is 0 Å². The van der Waals surface area contributed by atoms with Crippen molar-refractivity contribution < 1.29 is 17.7 Å². The Morgan fingerprint density at radius 1 is 1.09 bits per heavy atom. The Labute approximate surface area is 186 Å². The van der Waals surface area contributed by atoms with Crippen molar-refractivity contribution in [2.45, 2.75) is 31.1 Å². The fraction of sp³-hybridized carbons (Fsp3) is 0.273. The molecule has 2 aromatic carbocycles. The van der Waals surface area contributed by atoms with Gasteiger partial charge in [0, 0.05) is 29.3 Å². The normalized spacial score (nSPS) is 14.6. The summed E-state index contributed by atoms with van der Waals surface area (Å²) >= 11 is 0. The summed E-state index contributed by atoms with van der Waals surface area (Å²) in [5.41, 5.74) is 1.60. The molecule has 0 fully saturated rings. The molecule has 166 valence electrons. The molecule has 32 heavy (non-hydrogen) atoms. The van der Waals surface area contributed by atoms with Crippen molar-refractivity contribution >= 4 is 27.5 Å². The molecule has 4 rings (SSSR count). The van der Waals surface area contributed by atoms with Gasteiger partial charge in [-0.25, -0.2) is 0 Å². The highest BCUT2D eigenvalue weighted by Gasteiger charge is 2.31. The zero-order valence-electron chi connectivity index (χ0n) is 18.2. The number of benzene rings is 2. The number of aromatic nitrogens is 2. The van der Waals surface area contributed by atoms with Crippen molar-refractivity contribution in [2.75, 3.05) is 18.9 Å². The number of anilines is 1. The van der Waals surface area contributed by atoms with E-state index in [-0.39, 0.29) is 28.6 Å². The van der Waals surface area contributed by atoms with Gasteiger partial charge < -0.3 is 14.7 Å². The maximum absolute atomic E-state index is 12.5. The highest BCUT2D eigenvalue weighted by Crippen LogP contribution is 2.27. The van der Waals surface area contributed by atoms with Crippen LogP contribution in [0.5, 0.6) is 0 Å². The molecule has 0 aliphatic carbocycles. The van der Waals surface area contributed by atoms with Crippen molar-refractivity contribution in [1.82, 2.24) is 15.0 Å². The lowest BCUT2D eigenvalue weighted by Crippen LogP contribution is -2.34. The molecule has 0 atom stereocenters. The Kier molecular flexibility index (Phi) is 5.33. The molecule has 1 aliphatic rings. The summed E-state index contributed by atoms with van der Waals surface area (Å²) in [6, 6.07) is 13.6. The minimum absolute atomic E-state index is 0.0653. The maximum atomic E-state index is 12.5. The van der Waals surface area contributed by atoms with Crippen molar-refractivity contribution in [3.63, 3.8) is 0 Å². The highest BCUT2D eigenvalue weighted by molar-refractivity contribution is 7.90. The van der Waals surface area contributed by atoms with Gasteiger partial charge in [-0.15, -0.1) is 4.40 Å². The summed E-state index contributed by atoms with van der Waals surface area (Å²) in [4.78, 5) is 18.6. The molecule has 10 heteroatoms. The lowest BCUT2D eigenvalue weighted by molar-refractivity contribution is -0.116. The predicted molar refractivity (Wildman–Crippen MR) is 120 cm³/mol. The Bertz CT molecular complexity index is 1300. The third-order valence-corrected chi connectivity index (χ3v) is 6.17. The van der Waals surface area contributed by atoms with Crippen LogP contribution in [0.25, 0.3) is 11.4 Å². The number of sulfonamides is 1. The van der Waals surface area contributed by atoms with Crippen molar-refractivity contribution in [3.8, 4) is 11.4 Å². The fourth-order valence-corrected chi connectivity index (χ4v) is 4.45. The van der Waals surface area contributed by atoms with Crippen molar-refractivity contribution in [2.24, 2.45) is 4.40 Å². The Morgan fingerprint density at radius 2 is 1.78 bits per heavy atom. The molecule has 1 N–H and O–H groups in total. The molecular weight excluding hydrogens is 430 g/mol. The highest BCUT2D eigenvalue weighted by atomic mass is 32.2. The minimum atomic E-state index is -3.74. The largest absolute Gasteiger partial charge is 0.349 e. The molecule has 0 spiro atoms. The zero-order chi connectivity index (χ0) is 23.1. The molecule has 0 saturated heterocycles. The quantitative estimate of drug-likeness (QED) is 0.645. The third-order valence-electron chi connectivity index (χ3n) is 4.85. The number of carbonyl (C=O) groups is 1. The second kappa shape index (κ2) is 7.86. The Morgan fingerprint density at radius 3 is 2.44 bits per heavy atom. The first-order valence-electron chi connectivity index (χ1n) is 9.94. The molecule has 1 amide bonds. The summed E-state index contributed by atoms with van der Waals surface area (Å²) in [7, 11) is -2.11. The van der Waals surface area contributed by atoms with Crippen LogP contribution in [0.15, 0.2) is 62.3 Å². The van der Waals surface area contributed by atoms with E-state index in [4.69, 9.17) is 4.52 Å². The number of hydrogen-bond acceptors (Lipinski definition) is 7. The van der Waals surface area contributed by atoms with E-state index in [0.29, 0.717) is 23.0 Å². The van der Waals surface area contributed by atoms with E-state index in [2.05, 4.69) is 19.9 Å². The van der Waals surface area contributed by atoms with Gasteiger partial charge in [0.05, 0.1) is 6.54 Å². The van der Waals surface area contributed by atoms with Gasteiger partial charge in [-0.3, -0.25) is 4.79 Å². The van der Waals surface area contributed by atoms with E-state index in [1.807, 2.05) is 20.8 Å². The van der Waals surface area contributed by atoms with Crippen LogP contribution in [-0.2, 0) is 20.2 Å². The van der Waals surface area contributed by atoms with Crippen molar-refractivity contribution in [3.05, 3.63) is 60.0 Å². The van der Waals surface area contributed by atoms with Gasteiger partial charge in [0.25, 0.3) is 10.0 Å². The standard InChI is InChI=1S/C22H23N5O4S/c1-22(2,3)21-24-19(25-31-21)14-9-11-15(12-10-14)23-18(28)13-27(4)20-16-7-5-6-8-17(16)32(29,30)26-20/h5-12H,13H2,1-4H3,(H,23,28). The fourth-order valence-electron chi connectivity index (χ4n) is 3.20. The summed E-state index contributed by atoms with van der Waals surface area (Å²) < 4.78 is 33.6. The van der Waals surface area contributed by atoms with Gasteiger partial charge in [0.2, 0.25) is 17.6 Å². The maximum Gasteiger partial charge on any atom is 0.285 e. The van der Waals surface area contributed by atoms with Gasteiger partial charge in [-0.05, 0) is 36.4 Å². The number of fused-ring (bicyclic) bond motifs is 1.